The van der Waals surface area contributed by atoms with Crippen LogP contribution < -0.4 is 14.8 Å². The van der Waals surface area contributed by atoms with E-state index in [9.17, 15) is 18.0 Å². The Morgan fingerprint density at radius 1 is 1.29 bits per heavy atom. The second-order valence-electron chi connectivity index (χ2n) is 5.55. The van der Waals surface area contributed by atoms with Crippen LogP contribution in [0.15, 0.2) is 24.3 Å². The number of carbonyl (C=O) groups excluding carboxylic acids is 1. The Morgan fingerprint density at radius 3 is 2.58 bits per heavy atom. The number of ether oxygens (including phenoxy) is 2. The highest BCUT2D eigenvalue weighted by Gasteiger charge is 2.33. The molecule has 1 aliphatic rings. The van der Waals surface area contributed by atoms with Crippen molar-refractivity contribution >= 4 is 5.91 Å². The molecule has 8 heteroatoms. The minimum Gasteiger partial charge on any atom is -0.497 e. The number of halogens is 3. The highest BCUT2D eigenvalue weighted by Crippen LogP contribution is 2.20. The van der Waals surface area contributed by atoms with E-state index in [4.69, 9.17) is 9.47 Å². The maximum absolute atomic E-state index is 12.2. The lowest BCUT2D eigenvalue weighted by Gasteiger charge is -2.23. The minimum absolute atomic E-state index is 0.357. The summed E-state index contributed by atoms with van der Waals surface area (Å²) in [4.78, 5) is 13.8. The van der Waals surface area contributed by atoms with Crippen LogP contribution in [-0.2, 0) is 4.79 Å². The average Bonchev–Trinajstić information content (AvgIpc) is 3.01. The van der Waals surface area contributed by atoms with Crippen LogP contribution in [0.25, 0.3) is 0 Å². The molecule has 1 aromatic rings. The van der Waals surface area contributed by atoms with Crippen LogP contribution in [0.3, 0.4) is 0 Å². The first-order chi connectivity index (χ1) is 11.4. The third-order valence-corrected chi connectivity index (χ3v) is 3.84. The molecular weight excluding hydrogens is 325 g/mol. The summed E-state index contributed by atoms with van der Waals surface area (Å²) in [6.45, 7) is 0.222. The van der Waals surface area contributed by atoms with E-state index in [1.54, 1.807) is 31.4 Å². The summed E-state index contributed by atoms with van der Waals surface area (Å²) >= 11 is 0. The highest BCUT2D eigenvalue weighted by molar-refractivity contribution is 5.82. The molecule has 0 aromatic heterocycles. The normalized spacial score (nSPS) is 18.4. The van der Waals surface area contributed by atoms with E-state index in [0.29, 0.717) is 31.9 Å². The van der Waals surface area contributed by atoms with Gasteiger partial charge in [-0.15, -0.1) is 0 Å². The number of carbonyl (C=O) groups is 1. The Kier molecular flexibility index (Phi) is 6.30. The molecule has 0 radical (unpaired) electrons. The smallest absolute Gasteiger partial charge is 0.405 e. The maximum Gasteiger partial charge on any atom is 0.405 e. The van der Waals surface area contributed by atoms with Crippen molar-refractivity contribution in [2.75, 3.05) is 33.4 Å². The van der Waals surface area contributed by atoms with Gasteiger partial charge < -0.3 is 14.8 Å². The van der Waals surface area contributed by atoms with Crippen molar-refractivity contribution in [1.82, 2.24) is 10.2 Å². The van der Waals surface area contributed by atoms with Gasteiger partial charge in [-0.2, -0.15) is 13.2 Å². The summed E-state index contributed by atoms with van der Waals surface area (Å²) in [6.07, 6.45) is -3.05. The molecule has 0 aliphatic carbocycles. The summed E-state index contributed by atoms with van der Waals surface area (Å²) in [6, 6.07) is 6.58. The van der Waals surface area contributed by atoms with E-state index in [-0.39, 0.29) is 0 Å². The van der Waals surface area contributed by atoms with Crippen molar-refractivity contribution in [1.29, 1.82) is 0 Å². The first-order valence-electron chi connectivity index (χ1n) is 7.74. The molecule has 0 spiro atoms. The van der Waals surface area contributed by atoms with Gasteiger partial charge >= 0.3 is 6.18 Å². The molecule has 134 valence electrons. The lowest BCUT2D eigenvalue weighted by molar-refractivity contribution is -0.141. The molecule has 1 aromatic carbocycles. The van der Waals surface area contributed by atoms with E-state index in [1.807, 2.05) is 10.2 Å². The second kappa shape index (κ2) is 8.23. The number of hydrogen-bond acceptors (Lipinski definition) is 4. The molecule has 1 saturated heterocycles. The van der Waals surface area contributed by atoms with Crippen LogP contribution in [0.5, 0.6) is 11.5 Å². The van der Waals surface area contributed by atoms with Gasteiger partial charge in [0, 0.05) is 6.54 Å². The number of hydrogen-bond donors (Lipinski definition) is 1. The van der Waals surface area contributed by atoms with Crippen LogP contribution in [-0.4, -0.2) is 56.4 Å². The van der Waals surface area contributed by atoms with Gasteiger partial charge in [-0.25, -0.2) is 0 Å². The Bertz CT molecular complexity index is 534. The molecule has 1 fully saturated rings. The summed E-state index contributed by atoms with van der Waals surface area (Å²) in [7, 11) is 1.58. The van der Waals surface area contributed by atoms with Crippen LogP contribution in [0.1, 0.15) is 12.8 Å². The van der Waals surface area contributed by atoms with E-state index < -0.39 is 24.7 Å². The lowest BCUT2D eigenvalue weighted by atomic mass is 10.2. The number of benzene rings is 1. The predicted octanol–water partition coefficient (Wildman–Crippen LogP) is 2.22. The molecule has 0 bridgehead atoms. The quantitative estimate of drug-likeness (QED) is 0.823. The molecule has 2 rings (SSSR count). The third kappa shape index (κ3) is 5.59. The molecule has 1 N–H and O–H groups in total. The molecular formula is C16H21F3N2O3. The van der Waals surface area contributed by atoms with E-state index in [2.05, 4.69) is 0 Å². The minimum atomic E-state index is -4.39. The van der Waals surface area contributed by atoms with Crippen molar-refractivity contribution < 1.29 is 27.4 Å². The average molecular weight is 346 g/mol. The van der Waals surface area contributed by atoms with Gasteiger partial charge in [-0.3, -0.25) is 9.69 Å². The maximum atomic E-state index is 12.2. The predicted molar refractivity (Wildman–Crippen MR) is 82.1 cm³/mol. The lowest BCUT2D eigenvalue weighted by Crippen LogP contribution is -2.46. The number of likely N-dealkylation sites (tertiary alicyclic amines) is 1. The van der Waals surface area contributed by atoms with Gasteiger partial charge in [-0.05, 0) is 43.7 Å². The Balaban J connectivity index is 1.77. The van der Waals surface area contributed by atoms with Crippen molar-refractivity contribution in [3.63, 3.8) is 0 Å². The molecule has 1 amide bonds. The fourth-order valence-electron chi connectivity index (χ4n) is 2.65. The number of amides is 1. The fraction of sp³-hybridized carbons (Fsp3) is 0.562. The molecule has 1 atom stereocenters. The SMILES string of the molecule is COc1ccc(OCCN2CCCC2C(=O)NCC(F)(F)F)cc1. The van der Waals surface area contributed by atoms with E-state index in [1.165, 1.54) is 0 Å². The molecule has 1 aliphatic heterocycles. The van der Waals surface area contributed by atoms with E-state index >= 15 is 0 Å². The van der Waals surface area contributed by atoms with Crippen LogP contribution in [0.4, 0.5) is 13.2 Å². The summed E-state index contributed by atoms with van der Waals surface area (Å²) in [5.41, 5.74) is 0. The Hall–Kier alpha value is -1.96. The van der Waals surface area contributed by atoms with Crippen molar-refractivity contribution in [2.24, 2.45) is 0 Å². The Morgan fingerprint density at radius 2 is 1.96 bits per heavy atom. The second-order valence-corrected chi connectivity index (χ2v) is 5.55. The van der Waals surface area contributed by atoms with Crippen molar-refractivity contribution in [3.8, 4) is 11.5 Å². The van der Waals surface area contributed by atoms with Crippen molar-refractivity contribution in [2.45, 2.75) is 25.1 Å². The zero-order valence-corrected chi connectivity index (χ0v) is 13.4. The monoisotopic (exact) mass is 346 g/mol. The number of nitrogens with one attached hydrogen (secondary N) is 1. The standard InChI is InChI=1S/C16H21F3N2O3/c1-23-12-4-6-13(7-5-12)24-10-9-21-8-2-3-14(21)15(22)20-11-16(17,18)19/h4-7,14H,2-3,8-11H2,1H3,(H,20,22). The number of rotatable bonds is 7. The Labute approximate surface area is 138 Å². The topological polar surface area (TPSA) is 50.8 Å². The zero-order valence-electron chi connectivity index (χ0n) is 13.4. The molecule has 24 heavy (non-hydrogen) atoms. The zero-order chi connectivity index (χ0) is 17.6. The first-order valence-corrected chi connectivity index (χ1v) is 7.74. The molecule has 5 nitrogen and oxygen atoms in total. The van der Waals surface area contributed by atoms with Gasteiger partial charge in [-0.1, -0.05) is 0 Å². The van der Waals surface area contributed by atoms with Gasteiger partial charge in [0.15, 0.2) is 0 Å². The third-order valence-electron chi connectivity index (χ3n) is 3.84. The van der Waals surface area contributed by atoms with E-state index in [0.717, 1.165) is 12.2 Å². The van der Waals surface area contributed by atoms with Gasteiger partial charge in [0.25, 0.3) is 0 Å². The number of alkyl halides is 3. The van der Waals surface area contributed by atoms with Crippen LogP contribution >= 0.6 is 0 Å². The highest BCUT2D eigenvalue weighted by atomic mass is 19.4. The first kappa shape index (κ1) is 18.4. The fourth-order valence-corrected chi connectivity index (χ4v) is 2.65. The largest absolute Gasteiger partial charge is 0.497 e. The molecule has 1 unspecified atom stereocenters. The van der Waals surface area contributed by atoms with Crippen LogP contribution in [0.2, 0.25) is 0 Å². The number of nitrogens with zero attached hydrogens (tertiary/aromatic N) is 1. The summed E-state index contributed by atoms with van der Waals surface area (Å²) in [5, 5.41) is 1.95. The summed E-state index contributed by atoms with van der Waals surface area (Å²) < 4.78 is 47.2. The van der Waals surface area contributed by atoms with Crippen LogP contribution in [0, 0.1) is 0 Å². The van der Waals surface area contributed by atoms with Crippen molar-refractivity contribution in [3.05, 3.63) is 24.3 Å². The van der Waals surface area contributed by atoms with Gasteiger partial charge in [0.05, 0.1) is 13.2 Å². The summed E-state index contributed by atoms with van der Waals surface area (Å²) in [5.74, 6) is 0.825. The van der Waals surface area contributed by atoms with Gasteiger partial charge in [0.2, 0.25) is 5.91 Å². The molecule has 1 heterocycles. The number of methoxy groups -OCH3 is 1. The van der Waals surface area contributed by atoms with Gasteiger partial charge in [0.1, 0.15) is 24.7 Å². The molecule has 0 saturated carbocycles.